The van der Waals surface area contributed by atoms with Crippen molar-refractivity contribution in [3.63, 3.8) is 0 Å². The van der Waals surface area contributed by atoms with E-state index in [0.29, 0.717) is 5.82 Å². The molecular formula is C57H36N2O. The molecule has 0 saturated heterocycles. The first kappa shape index (κ1) is 34.2. The van der Waals surface area contributed by atoms with Gasteiger partial charge >= 0.3 is 0 Å². The maximum Gasteiger partial charge on any atom is 0.160 e. The van der Waals surface area contributed by atoms with Gasteiger partial charge in [-0.05, 0) is 91.7 Å². The molecule has 280 valence electrons. The summed E-state index contributed by atoms with van der Waals surface area (Å²) in [5.41, 5.74) is 15.9. The molecule has 0 spiro atoms. The Kier molecular flexibility index (Phi) is 7.76. The average Bonchev–Trinajstić information content (AvgIpc) is 3.86. The summed E-state index contributed by atoms with van der Waals surface area (Å²) in [6.45, 7) is 0. The van der Waals surface area contributed by atoms with Gasteiger partial charge in [0, 0.05) is 27.5 Å². The molecule has 2 heterocycles. The standard InChI is InChI=1S/C57H36N2O/c1-4-17-38(18-5-1)56-58-50(36-51(59-56)41-31-32-52-47(35-41)55-44-25-11-10-16-37(44)30-33-53(55)60-52)40-20-14-19-39(34-40)45-27-15-29-49-54(45)46-26-12-13-28-48(46)57(49,42-21-6-2-7-22-42)43-23-8-3-9-24-43/h1-36H. The third-order valence-corrected chi connectivity index (χ3v) is 12.4. The van der Waals surface area contributed by atoms with Crippen LogP contribution in [-0.4, -0.2) is 9.97 Å². The number of nitrogens with zero attached hydrogens (tertiary/aromatic N) is 2. The second kappa shape index (κ2) is 13.6. The smallest absolute Gasteiger partial charge is 0.160 e. The van der Waals surface area contributed by atoms with E-state index in [1.807, 2.05) is 18.2 Å². The van der Waals surface area contributed by atoms with Crippen LogP contribution >= 0.6 is 0 Å². The molecule has 0 N–H and O–H groups in total. The summed E-state index contributed by atoms with van der Waals surface area (Å²) in [4.78, 5) is 10.5. The molecule has 60 heavy (non-hydrogen) atoms. The molecular weight excluding hydrogens is 729 g/mol. The van der Waals surface area contributed by atoms with Crippen molar-refractivity contribution in [3.05, 3.63) is 241 Å². The van der Waals surface area contributed by atoms with Crippen molar-refractivity contribution in [3.8, 4) is 56.2 Å². The third kappa shape index (κ3) is 5.23. The Balaban J connectivity index is 1.04. The third-order valence-electron chi connectivity index (χ3n) is 12.4. The molecule has 1 aliphatic carbocycles. The number of hydrogen-bond donors (Lipinski definition) is 0. The Morgan fingerprint density at radius 3 is 1.73 bits per heavy atom. The summed E-state index contributed by atoms with van der Waals surface area (Å²) >= 11 is 0. The van der Waals surface area contributed by atoms with Gasteiger partial charge in [0.1, 0.15) is 11.2 Å². The Hall–Kier alpha value is -7.88. The minimum atomic E-state index is -0.470. The predicted molar refractivity (Wildman–Crippen MR) is 246 cm³/mol. The number of rotatable bonds is 6. The van der Waals surface area contributed by atoms with Crippen molar-refractivity contribution in [1.29, 1.82) is 0 Å². The average molecular weight is 765 g/mol. The number of benzene rings is 9. The molecule has 0 bridgehead atoms. The highest BCUT2D eigenvalue weighted by Gasteiger charge is 2.46. The molecule has 3 heteroatoms. The zero-order valence-corrected chi connectivity index (χ0v) is 32.6. The highest BCUT2D eigenvalue weighted by atomic mass is 16.3. The molecule has 2 aromatic heterocycles. The van der Waals surface area contributed by atoms with Crippen LogP contribution in [-0.2, 0) is 5.41 Å². The molecule has 0 radical (unpaired) electrons. The second-order valence-corrected chi connectivity index (χ2v) is 15.6. The van der Waals surface area contributed by atoms with Crippen molar-refractivity contribution >= 4 is 32.7 Å². The van der Waals surface area contributed by atoms with Gasteiger partial charge in [-0.15, -0.1) is 0 Å². The molecule has 0 fully saturated rings. The van der Waals surface area contributed by atoms with Crippen LogP contribution in [0.4, 0.5) is 0 Å². The molecule has 0 atom stereocenters. The molecule has 12 rings (SSSR count). The van der Waals surface area contributed by atoms with Crippen molar-refractivity contribution in [1.82, 2.24) is 9.97 Å². The Morgan fingerprint density at radius 2 is 0.950 bits per heavy atom. The molecule has 0 saturated carbocycles. The number of hydrogen-bond acceptors (Lipinski definition) is 3. The molecule has 1 aliphatic rings. The summed E-state index contributed by atoms with van der Waals surface area (Å²) in [5.74, 6) is 0.682. The lowest BCUT2D eigenvalue weighted by atomic mass is 9.67. The Morgan fingerprint density at radius 1 is 0.367 bits per heavy atom. The van der Waals surface area contributed by atoms with E-state index in [9.17, 15) is 0 Å². The fourth-order valence-corrected chi connectivity index (χ4v) is 9.75. The molecule has 3 nitrogen and oxygen atoms in total. The maximum atomic E-state index is 6.38. The van der Waals surface area contributed by atoms with Crippen LogP contribution in [0.5, 0.6) is 0 Å². The number of fused-ring (bicyclic) bond motifs is 8. The lowest BCUT2D eigenvalue weighted by Crippen LogP contribution is -2.28. The SMILES string of the molecule is c1ccc(-c2nc(-c3cccc(-c4cccc5c4-c4ccccc4C5(c4ccccc4)c4ccccc4)c3)cc(-c3ccc4oc5ccc6ccccc6c5c4c3)n2)cc1. The van der Waals surface area contributed by atoms with E-state index < -0.39 is 5.41 Å². The molecule has 11 aromatic rings. The van der Waals surface area contributed by atoms with Crippen LogP contribution in [0.15, 0.2) is 223 Å². The zero-order chi connectivity index (χ0) is 39.6. The van der Waals surface area contributed by atoms with Gasteiger partial charge in [0.2, 0.25) is 0 Å². The maximum absolute atomic E-state index is 6.38. The topological polar surface area (TPSA) is 38.9 Å². The van der Waals surface area contributed by atoms with Gasteiger partial charge in [-0.2, -0.15) is 0 Å². The largest absolute Gasteiger partial charge is 0.456 e. The minimum absolute atomic E-state index is 0.470. The van der Waals surface area contributed by atoms with Crippen LogP contribution < -0.4 is 0 Å². The van der Waals surface area contributed by atoms with Gasteiger partial charge in [-0.3, -0.25) is 0 Å². The van der Waals surface area contributed by atoms with E-state index in [0.717, 1.165) is 55.6 Å². The van der Waals surface area contributed by atoms with Crippen molar-refractivity contribution in [2.75, 3.05) is 0 Å². The normalized spacial score (nSPS) is 12.8. The van der Waals surface area contributed by atoms with Gasteiger partial charge in [0.05, 0.1) is 16.8 Å². The second-order valence-electron chi connectivity index (χ2n) is 15.6. The number of furan rings is 1. The van der Waals surface area contributed by atoms with Crippen molar-refractivity contribution in [2.45, 2.75) is 5.41 Å². The van der Waals surface area contributed by atoms with E-state index in [-0.39, 0.29) is 0 Å². The Labute approximate surface area is 347 Å². The van der Waals surface area contributed by atoms with Crippen LogP contribution in [0.2, 0.25) is 0 Å². The van der Waals surface area contributed by atoms with Crippen LogP contribution in [0, 0.1) is 0 Å². The van der Waals surface area contributed by atoms with E-state index in [4.69, 9.17) is 14.4 Å². The predicted octanol–water partition coefficient (Wildman–Crippen LogP) is 14.6. The number of aromatic nitrogens is 2. The summed E-state index contributed by atoms with van der Waals surface area (Å²) in [6.07, 6.45) is 0. The van der Waals surface area contributed by atoms with Crippen LogP contribution in [0.1, 0.15) is 22.3 Å². The van der Waals surface area contributed by atoms with Gasteiger partial charge < -0.3 is 4.42 Å². The first-order valence-electron chi connectivity index (χ1n) is 20.5. The summed E-state index contributed by atoms with van der Waals surface area (Å²) < 4.78 is 6.38. The summed E-state index contributed by atoms with van der Waals surface area (Å²) in [5, 5.41) is 4.56. The van der Waals surface area contributed by atoms with Gasteiger partial charge in [0.25, 0.3) is 0 Å². The minimum Gasteiger partial charge on any atom is -0.456 e. The Bertz CT molecular complexity index is 3380. The quantitative estimate of drug-likeness (QED) is 0.169. The van der Waals surface area contributed by atoms with Crippen molar-refractivity contribution < 1.29 is 4.42 Å². The first-order valence-corrected chi connectivity index (χ1v) is 20.5. The molecule has 0 unspecified atom stereocenters. The van der Waals surface area contributed by atoms with E-state index in [1.54, 1.807) is 0 Å². The highest BCUT2D eigenvalue weighted by Crippen LogP contribution is 2.58. The molecule has 9 aromatic carbocycles. The zero-order valence-electron chi connectivity index (χ0n) is 32.6. The van der Waals surface area contributed by atoms with Crippen LogP contribution in [0.25, 0.3) is 88.9 Å². The lowest BCUT2D eigenvalue weighted by molar-refractivity contribution is 0.669. The van der Waals surface area contributed by atoms with E-state index in [1.165, 1.54) is 49.7 Å². The fourth-order valence-electron chi connectivity index (χ4n) is 9.75. The first-order chi connectivity index (χ1) is 29.7. The van der Waals surface area contributed by atoms with Gasteiger partial charge in [0.15, 0.2) is 5.82 Å². The highest BCUT2D eigenvalue weighted by molar-refractivity contribution is 6.19. The van der Waals surface area contributed by atoms with Crippen molar-refractivity contribution in [2.24, 2.45) is 0 Å². The monoisotopic (exact) mass is 764 g/mol. The summed E-state index contributed by atoms with van der Waals surface area (Å²) in [7, 11) is 0. The van der Waals surface area contributed by atoms with Gasteiger partial charge in [-0.1, -0.05) is 182 Å². The molecule has 0 aliphatic heterocycles. The van der Waals surface area contributed by atoms with Crippen LogP contribution in [0.3, 0.4) is 0 Å². The van der Waals surface area contributed by atoms with Gasteiger partial charge in [-0.25, -0.2) is 9.97 Å². The summed E-state index contributed by atoms with van der Waals surface area (Å²) in [6, 6.07) is 78.1. The lowest BCUT2D eigenvalue weighted by Gasteiger charge is -2.34. The van der Waals surface area contributed by atoms with E-state index in [2.05, 4.69) is 200 Å². The molecule has 0 amide bonds. The van der Waals surface area contributed by atoms with E-state index >= 15 is 0 Å². The fraction of sp³-hybridized carbons (Fsp3) is 0.0175.